The molecule has 0 bridgehead atoms. The number of rotatable bonds is 8. The van der Waals surface area contributed by atoms with Gasteiger partial charge in [0.15, 0.2) is 23.9 Å². The Hall–Kier alpha value is -3.12. The van der Waals surface area contributed by atoms with Gasteiger partial charge in [0.05, 0.1) is 13.2 Å². The summed E-state index contributed by atoms with van der Waals surface area (Å²) in [5.74, 6) is 0.512. The van der Waals surface area contributed by atoms with Crippen molar-refractivity contribution >= 4 is 23.0 Å². The van der Waals surface area contributed by atoms with Crippen molar-refractivity contribution in [2.24, 2.45) is 0 Å². The van der Waals surface area contributed by atoms with E-state index in [1.54, 1.807) is 29.5 Å². The minimum atomic E-state index is -0.250. The first-order valence-corrected chi connectivity index (χ1v) is 9.66. The number of Topliss-reactive ketones (excluding diaryl/α,β-unsaturated/α-hetero) is 1. The maximum absolute atomic E-state index is 12.5. The Kier molecular flexibility index (Phi) is 6.45. The molecule has 5 nitrogen and oxygen atoms in total. The van der Waals surface area contributed by atoms with Crippen LogP contribution < -0.4 is 14.8 Å². The van der Waals surface area contributed by atoms with E-state index in [0.29, 0.717) is 17.1 Å². The van der Waals surface area contributed by atoms with Crippen LogP contribution in [0.4, 0.5) is 0 Å². The average Bonchev–Trinajstić information content (AvgIpc) is 3.25. The van der Waals surface area contributed by atoms with Crippen molar-refractivity contribution in [1.82, 2.24) is 5.32 Å². The van der Waals surface area contributed by atoms with Crippen LogP contribution in [0.1, 0.15) is 33.8 Å². The fourth-order valence-electron chi connectivity index (χ4n) is 2.77. The summed E-state index contributed by atoms with van der Waals surface area (Å²) in [5.41, 5.74) is 1.53. The number of ether oxygens (including phenoxy) is 2. The highest BCUT2D eigenvalue weighted by atomic mass is 32.1. The highest BCUT2D eigenvalue weighted by Gasteiger charge is 2.18. The number of thiophene rings is 1. The van der Waals surface area contributed by atoms with Gasteiger partial charge in [-0.2, -0.15) is 0 Å². The van der Waals surface area contributed by atoms with E-state index in [0.717, 1.165) is 10.4 Å². The lowest BCUT2D eigenvalue weighted by Crippen LogP contribution is -2.32. The summed E-state index contributed by atoms with van der Waals surface area (Å²) in [6, 6.07) is 18.4. The Morgan fingerprint density at radius 1 is 1.04 bits per heavy atom. The Labute approximate surface area is 167 Å². The molecule has 1 atom stereocenters. The minimum Gasteiger partial charge on any atom is -0.493 e. The van der Waals surface area contributed by atoms with E-state index in [1.807, 2.05) is 47.8 Å². The van der Waals surface area contributed by atoms with Gasteiger partial charge >= 0.3 is 0 Å². The summed E-state index contributed by atoms with van der Waals surface area (Å²) >= 11 is 1.59. The monoisotopic (exact) mass is 395 g/mol. The number of ketones is 1. The second kappa shape index (κ2) is 9.19. The Balaban J connectivity index is 1.70. The van der Waals surface area contributed by atoms with Crippen molar-refractivity contribution in [3.63, 3.8) is 0 Å². The van der Waals surface area contributed by atoms with Crippen molar-refractivity contribution in [3.8, 4) is 11.5 Å². The van der Waals surface area contributed by atoms with E-state index in [-0.39, 0.29) is 24.3 Å². The molecule has 0 radical (unpaired) electrons. The molecule has 0 aliphatic heterocycles. The van der Waals surface area contributed by atoms with Crippen LogP contribution in [0.5, 0.6) is 11.5 Å². The normalized spacial score (nSPS) is 11.5. The Morgan fingerprint density at radius 3 is 2.46 bits per heavy atom. The third kappa shape index (κ3) is 4.78. The predicted molar refractivity (Wildman–Crippen MR) is 109 cm³/mol. The molecule has 0 aliphatic rings. The number of nitrogens with one attached hydrogen (secondary N) is 1. The van der Waals surface area contributed by atoms with Gasteiger partial charge in [-0.1, -0.05) is 36.4 Å². The molecule has 0 aliphatic carbocycles. The summed E-state index contributed by atoms with van der Waals surface area (Å²) in [7, 11) is 1.49. The number of methoxy groups -OCH3 is 1. The smallest absolute Gasteiger partial charge is 0.258 e. The van der Waals surface area contributed by atoms with Crippen LogP contribution in [-0.2, 0) is 4.79 Å². The Morgan fingerprint density at radius 2 is 1.82 bits per heavy atom. The first-order valence-electron chi connectivity index (χ1n) is 8.78. The molecule has 0 spiro atoms. The number of hydrogen-bond acceptors (Lipinski definition) is 5. The molecule has 2 aromatic carbocycles. The summed E-state index contributed by atoms with van der Waals surface area (Å²) in [4.78, 5) is 25.1. The van der Waals surface area contributed by atoms with Gasteiger partial charge in [0.25, 0.3) is 5.91 Å². The SMILES string of the molecule is COc1cc(C(C)=O)ccc1OCC(=O)N[C@H](c1ccccc1)c1cccs1. The van der Waals surface area contributed by atoms with E-state index < -0.39 is 0 Å². The van der Waals surface area contributed by atoms with Gasteiger partial charge in [0.2, 0.25) is 0 Å². The van der Waals surface area contributed by atoms with Gasteiger partial charge in [-0.15, -0.1) is 11.3 Å². The molecule has 1 heterocycles. The molecular formula is C22H21NO4S. The number of amides is 1. The quantitative estimate of drug-likeness (QED) is 0.579. The largest absolute Gasteiger partial charge is 0.493 e. The van der Waals surface area contributed by atoms with Crippen LogP contribution in [0.3, 0.4) is 0 Å². The lowest BCUT2D eigenvalue weighted by atomic mass is 10.1. The zero-order chi connectivity index (χ0) is 19.9. The van der Waals surface area contributed by atoms with Crippen molar-refractivity contribution in [2.75, 3.05) is 13.7 Å². The molecule has 0 saturated heterocycles. The molecule has 0 saturated carbocycles. The first-order chi connectivity index (χ1) is 13.6. The van der Waals surface area contributed by atoms with E-state index in [4.69, 9.17) is 9.47 Å². The summed E-state index contributed by atoms with van der Waals surface area (Å²) in [6.07, 6.45) is 0. The molecular weight excluding hydrogens is 374 g/mol. The van der Waals surface area contributed by atoms with Gasteiger partial charge in [-0.25, -0.2) is 0 Å². The molecule has 144 valence electrons. The van der Waals surface area contributed by atoms with Crippen molar-refractivity contribution in [3.05, 3.63) is 82.0 Å². The molecule has 6 heteroatoms. The second-order valence-corrected chi connectivity index (χ2v) is 7.12. The first kappa shape index (κ1) is 19.6. The molecule has 3 aromatic rings. The number of carbonyl (C=O) groups excluding carboxylic acids is 2. The molecule has 28 heavy (non-hydrogen) atoms. The summed E-state index contributed by atoms with van der Waals surface area (Å²) in [5, 5.41) is 5.01. The van der Waals surface area contributed by atoms with Gasteiger partial charge in [0, 0.05) is 10.4 Å². The highest BCUT2D eigenvalue weighted by Crippen LogP contribution is 2.29. The van der Waals surface area contributed by atoms with Gasteiger partial charge in [-0.3, -0.25) is 9.59 Å². The van der Waals surface area contributed by atoms with Crippen LogP contribution in [0.25, 0.3) is 0 Å². The van der Waals surface area contributed by atoms with Gasteiger partial charge < -0.3 is 14.8 Å². The molecule has 3 rings (SSSR count). The minimum absolute atomic E-state index is 0.0655. The van der Waals surface area contributed by atoms with Crippen LogP contribution in [0.15, 0.2) is 66.0 Å². The topological polar surface area (TPSA) is 64.6 Å². The summed E-state index contributed by atoms with van der Waals surface area (Å²) < 4.78 is 10.9. The molecule has 0 unspecified atom stereocenters. The standard InChI is InChI=1S/C22H21NO4S/c1-15(24)17-10-11-18(19(13-17)26-2)27-14-21(25)23-22(20-9-6-12-28-20)16-7-4-3-5-8-16/h3-13,22H,14H2,1-2H3,(H,23,25)/t22-/m1/s1. The number of benzene rings is 2. The molecule has 1 amide bonds. The maximum Gasteiger partial charge on any atom is 0.258 e. The van der Waals surface area contributed by atoms with E-state index >= 15 is 0 Å². The average molecular weight is 395 g/mol. The second-order valence-electron chi connectivity index (χ2n) is 6.14. The van der Waals surface area contributed by atoms with Crippen LogP contribution in [0, 0.1) is 0 Å². The molecule has 1 aromatic heterocycles. The van der Waals surface area contributed by atoms with Crippen LogP contribution in [-0.4, -0.2) is 25.4 Å². The van der Waals surface area contributed by atoms with Crippen molar-refractivity contribution in [2.45, 2.75) is 13.0 Å². The van der Waals surface area contributed by atoms with E-state index in [9.17, 15) is 9.59 Å². The zero-order valence-electron chi connectivity index (χ0n) is 15.7. The Bertz CT molecular complexity index is 938. The maximum atomic E-state index is 12.5. The predicted octanol–water partition coefficient (Wildman–Crippen LogP) is 4.24. The van der Waals surface area contributed by atoms with Crippen molar-refractivity contribution < 1.29 is 19.1 Å². The van der Waals surface area contributed by atoms with E-state index in [1.165, 1.54) is 14.0 Å². The summed E-state index contributed by atoms with van der Waals surface area (Å²) in [6.45, 7) is 1.32. The number of carbonyl (C=O) groups is 2. The van der Waals surface area contributed by atoms with Gasteiger partial charge in [0.1, 0.15) is 0 Å². The van der Waals surface area contributed by atoms with Gasteiger partial charge in [-0.05, 0) is 42.1 Å². The fourth-order valence-corrected chi connectivity index (χ4v) is 3.57. The lowest BCUT2D eigenvalue weighted by molar-refractivity contribution is -0.123. The molecule has 0 fully saturated rings. The number of hydrogen-bond donors (Lipinski definition) is 1. The molecule has 1 N–H and O–H groups in total. The lowest BCUT2D eigenvalue weighted by Gasteiger charge is -2.18. The third-order valence-corrected chi connectivity index (χ3v) is 5.13. The third-order valence-electron chi connectivity index (χ3n) is 4.19. The fraction of sp³-hybridized carbons (Fsp3) is 0.182. The highest BCUT2D eigenvalue weighted by molar-refractivity contribution is 7.10. The van der Waals surface area contributed by atoms with Crippen molar-refractivity contribution in [1.29, 1.82) is 0 Å². The van der Waals surface area contributed by atoms with E-state index in [2.05, 4.69) is 5.32 Å². The van der Waals surface area contributed by atoms with Crippen LogP contribution in [0.2, 0.25) is 0 Å². The zero-order valence-corrected chi connectivity index (χ0v) is 16.5. The van der Waals surface area contributed by atoms with Crippen LogP contribution >= 0.6 is 11.3 Å².